The number of nitrogens with zero attached hydrogens (tertiary/aromatic N) is 2. The van der Waals surface area contributed by atoms with Gasteiger partial charge in [0.25, 0.3) is 5.91 Å². The molecular formula is C26H30N4O2S. The van der Waals surface area contributed by atoms with Crippen molar-refractivity contribution in [3.63, 3.8) is 0 Å². The predicted octanol–water partition coefficient (Wildman–Crippen LogP) is 4.38. The van der Waals surface area contributed by atoms with Crippen molar-refractivity contribution >= 4 is 28.2 Å². The first-order valence-corrected chi connectivity index (χ1v) is 12.9. The molecule has 1 aromatic heterocycles. The van der Waals surface area contributed by atoms with Crippen LogP contribution in [0.4, 0.5) is 5.00 Å². The molecule has 2 aromatic rings. The number of amides is 2. The largest absolute Gasteiger partial charge is 0.349 e. The Kier molecular flexibility index (Phi) is 6.48. The van der Waals surface area contributed by atoms with Gasteiger partial charge in [-0.25, -0.2) is 0 Å². The first-order chi connectivity index (χ1) is 16.1. The van der Waals surface area contributed by atoms with Crippen LogP contribution in [0.3, 0.4) is 0 Å². The minimum atomic E-state index is -0.0251. The molecule has 6 nitrogen and oxygen atoms in total. The number of rotatable bonds is 9. The lowest BCUT2D eigenvalue weighted by Crippen LogP contribution is -2.29. The summed E-state index contributed by atoms with van der Waals surface area (Å²) in [5, 5.41) is 16.4. The third-order valence-corrected chi connectivity index (χ3v) is 7.95. The number of fused-ring (bicyclic) bond motifs is 1. The molecule has 2 amide bonds. The van der Waals surface area contributed by atoms with Crippen molar-refractivity contribution in [3.8, 4) is 6.07 Å². The Morgan fingerprint density at radius 3 is 2.55 bits per heavy atom. The fraction of sp³-hybridized carbons (Fsp3) is 0.500. The summed E-state index contributed by atoms with van der Waals surface area (Å²) in [5.41, 5.74) is 3.68. The van der Waals surface area contributed by atoms with Crippen molar-refractivity contribution in [2.45, 2.75) is 76.4 Å². The van der Waals surface area contributed by atoms with Gasteiger partial charge in [0.2, 0.25) is 5.91 Å². The molecule has 2 N–H and O–H groups in total. The smallest absolute Gasteiger partial charge is 0.251 e. The Balaban J connectivity index is 1.16. The van der Waals surface area contributed by atoms with E-state index >= 15 is 0 Å². The fourth-order valence-corrected chi connectivity index (χ4v) is 5.79. The first-order valence-electron chi connectivity index (χ1n) is 12.1. The van der Waals surface area contributed by atoms with E-state index in [2.05, 4.69) is 21.6 Å². The summed E-state index contributed by atoms with van der Waals surface area (Å²) >= 11 is 1.58. The van der Waals surface area contributed by atoms with Gasteiger partial charge in [-0.3, -0.25) is 14.5 Å². The van der Waals surface area contributed by atoms with Crippen LogP contribution >= 0.6 is 11.3 Å². The van der Waals surface area contributed by atoms with E-state index in [1.54, 1.807) is 11.3 Å². The maximum Gasteiger partial charge on any atom is 0.251 e. The molecule has 0 bridgehead atoms. The zero-order valence-electron chi connectivity index (χ0n) is 18.9. The molecule has 3 aliphatic rings. The number of anilines is 1. The number of carbonyl (C=O) groups excluding carboxylic acids is 2. The molecule has 5 rings (SSSR count). The van der Waals surface area contributed by atoms with Gasteiger partial charge < -0.3 is 10.6 Å². The minimum absolute atomic E-state index is 0.00626. The van der Waals surface area contributed by atoms with Crippen LogP contribution in [0.1, 0.15) is 76.9 Å². The average molecular weight is 463 g/mol. The molecular weight excluding hydrogens is 432 g/mol. The monoisotopic (exact) mass is 462 g/mol. The number of benzene rings is 1. The van der Waals surface area contributed by atoms with Gasteiger partial charge >= 0.3 is 0 Å². The Morgan fingerprint density at radius 1 is 1.09 bits per heavy atom. The highest BCUT2D eigenvalue weighted by atomic mass is 32.1. The standard InChI is InChI=1S/C26H30N4O2S/c27-15-22-21-3-1-2-4-23(21)33-26(22)29-24(31)13-14-30(20-11-12-20)16-17-5-7-18(8-6-17)25(32)28-19-9-10-19/h5-8,19-20H,1-4,9-14,16H2,(H,28,32)(H,29,31). The zero-order chi connectivity index (χ0) is 22.8. The van der Waals surface area contributed by atoms with E-state index in [-0.39, 0.29) is 11.8 Å². The summed E-state index contributed by atoms with van der Waals surface area (Å²) in [4.78, 5) is 28.6. The van der Waals surface area contributed by atoms with E-state index in [4.69, 9.17) is 0 Å². The van der Waals surface area contributed by atoms with Gasteiger partial charge in [0.15, 0.2) is 0 Å². The third-order valence-electron chi connectivity index (χ3n) is 6.74. The molecule has 0 radical (unpaired) electrons. The van der Waals surface area contributed by atoms with Crippen molar-refractivity contribution < 1.29 is 9.59 Å². The van der Waals surface area contributed by atoms with Gasteiger partial charge in [0.1, 0.15) is 11.1 Å². The molecule has 3 aliphatic carbocycles. The fourth-order valence-electron chi connectivity index (χ4n) is 4.53. The maximum atomic E-state index is 12.7. The number of nitrogens with one attached hydrogen (secondary N) is 2. The maximum absolute atomic E-state index is 12.7. The van der Waals surface area contributed by atoms with E-state index in [9.17, 15) is 14.9 Å². The highest BCUT2D eigenvalue weighted by Gasteiger charge is 2.29. The van der Waals surface area contributed by atoms with Crippen molar-refractivity contribution in [3.05, 3.63) is 51.4 Å². The van der Waals surface area contributed by atoms with Crippen LogP contribution < -0.4 is 10.6 Å². The van der Waals surface area contributed by atoms with Crippen LogP contribution in [-0.2, 0) is 24.2 Å². The molecule has 1 heterocycles. The molecule has 0 saturated heterocycles. The molecule has 0 aliphatic heterocycles. The summed E-state index contributed by atoms with van der Waals surface area (Å²) in [6.45, 7) is 1.46. The summed E-state index contributed by atoms with van der Waals surface area (Å²) in [6, 6.07) is 11.0. The molecule has 2 fully saturated rings. The zero-order valence-corrected chi connectivity index (χ0v) is 19.7. The van der Waals surface area contributed by atoms with Crippen LogP contribution in [0, 0.1) is 11.3 Å². The van der Waals surface area contributed by atoms with Crippen LogP contribution in [0.5, 0.6) is 0 Å². The normalized spacial score (nSPS) is 17.3. The van der Waals surface area contributed by atoms with E-state index in [1.807, 2.05) is 24.3 Å². The Hall–Kier alpha value is -2.69. The van der Waals surface area contributed by atoms with Gasteiger partial charge in [0, 0.05) is 42.0 Å². The highest BCUT2D eigenvalue weighted by Crippen LogP contribution is 2.37. The third kappa shape index (κ3) is 5.45. The molecule has 0 spiro atoms. The Bertz CT molecular complexity index is 1080. The number of hydrogen-bond donors (Lipinski definition) is 2. The topological polar surface area (TPSA) is 85.2 Å². The highest BCUT2D eigenvalue weighted by molar-refractivity contribution is 7.16. The second-order valence-corrected chi connectivity index (χ2v) is 10.6. The molecule has 0 atom stereocenters. The number of thiophene rings is 1. The molecule has 2 saturated carbocycles. The van der Waals surface area contributed by atoms with Gasteiger partial charge in [-0.15, -0.1) is 11.3 Å². The van der Waals surface area contributed by atoms with Crippen molar-refractivity contribution in [1.29, 1.82) is 5.26 Å². The second kappa shape index (κ2) is 9.66. The predicted molar refractivity (Wildman–Crippen MR) is 129 cm³/mol. The number of aryl methyl sites for hydroxylation is 1. The summed E-state index contributed by atoms with van der Waals surface area (Å²) in [7, 11) is 0. The average Bonchev–Trinajstić information content (AvgIpc) is 3.75. The van der Waals surface area contributed by atoms with Crippen LogP contribution in [-0.4, -0.2) is 35.3 Å². The summed E-state index contributed by atoms with van der Waals surface area (Å²) < 4.78 is 0. The van der Waals surface area contributed by atoms with Gasteiger partial charge in [-0.05, 0) is 74.6 Å². The lowest BCUT2D eigenvalue weighted by molar-refractivity contribution is -0.116. The number of nitriles is 1. The number of carbonyl (C=O) groups is 2. The molecule has 7 heteroatoms. The second-order valence-electron chi connectivity index (χ2n) is 9.47. The SMILES string of the molecule is N#Cc1c(NC(=O)CCN(Cc2ccc(C(=O)NC3CC3)cc2)C2CC2)sc2c1CCCC2. The van der Waals surface area contributed by atoms with Crippen LogP contribution in [0.2, 0.25) is 0 Å². The number of hydrogen-bond acceptors (Lipinski definition) is 5. The quantitative estimate of drug-likeness (QED) is 0.579. The summed E-state index contributed by atoms with van der Waals surface area (Å²) in [6.07, 6.45) is 9.15. The Morgan fingerprint density at radius 2 is 1.85 bits per heavy atom. The van der Waals surface area contributed by atoms with E-state index < -0.39 is 0 Å². The van der Waals surface area contributed by atoms with Crippen LogP contribution in [0.25, 0.3) is 0 Å². The van der Waals surface area contributed by atoms with Gasteiger partial charge in [-0.1, -0.05) is 12.1 Å². The lowest BCUT2D eigenvalue weighted by atomic mass is 9.96. The Labute approximate surface area is 199 Å². The first kappa shape index (κ1) is 22.1. The summed E-state index contributed by atoms with van der Waals surface area (Å²) in [5.74, 6) is -0.0189. The van der Waals surface area contributed by atoms with Gasteiger partial charge in [-0.2, -0.15) is 5.26 Å². The van der Waals surface area contributed by atoms with Crippen molar-refractivity contribution in [1.82, 2.24) is 10.2 Å². The van der Waals surface area contributed by atoms with E-state index in [0.29, 0.717) is 36.2 Å². The molecule has 0 unspecified atom stereocenters. The minimum Gasteiger partial charge on any atom is -0.349 e. The molecule has 172 valence electrons. The van der Waals surface area contributed by atoms with Crippen molar-refractivity contribution in [2.75, 3.05) is 11.9 Å². The van der Waals surface area contributed by atoms with Crippen LogP contribution in [0.15, 0.2) is 24.3 Å². The lowest BCUT2D eigenvalue weighted by Gasteiger charge is -2.22. The van der Waals surface area contributed by atoms with E-state index in [0.717, 1.165) is 61.2 Å². The molecule has 1 aromatic carbocycles. The van der Waals surface area contributed by atoms with Crippen molar-refractivity contribution in [2.24, 2.45) is 0 Å². The van der Waals surface area contributed by atoms with E-state index in [1.165, 1.54) is 17.7 Å². The van der Waals surface area contributed by atoms with Gasteiger partial charge in [0.05, 0.1) is 5.56 Å². The molecule has 33 heavy (non-hydrogen) atoms.